The molecule has 28 heavy (non-hydrogen) atoms. The van der Waals surface area contributed by atoms with Crippen molar-refractivity contribution in [2.24, 2.45) is 0 Å². The monoisotopic (exact) mass is 394 g/mol. The number of fused-ring (bicyclic) bond motifs is 1. The predicted molar refractivity (Wildman–Crippen MR) is 107 cm³/mol. The number of methoxy groups -OCH3 is 1. The molecule has 1 fully saturated rings. The molecule has 142 valence electrons. The summed E-state index contributed by atoms with van der Waals surface area (Å²) < 4.78 is 5.09. The van der Waals surface area contributed by atoms with Crippen molar-refractivity contribution < 1.29 is 9.84 Å². The molecule has 0 saturated heterocycles. The van der Waals surface area contributed by atoms with E-state index in [2.05, 4.69) is 21.4 Å². The molecule has 0 radical (unpaired) electrons. The van der Waals surface area contributed by atoms with Gasteiger partial charge in [-0.3, -0.25) is 4.98 Å². The number of hydrogen-bond donors (Lipinski definition) is 2. The number of pyridine rings is 2. The molecule has 1 aliphatic rings. The maximum Gasteiger partial charge on any atom is 0.232 e. The number of anilines is 1. The van der Waals surface area contributed by atoms with E-state index in [4.69, 9.17) is 16.3 Å². The maximum absolute atomic E-state index is 9.81. The molecule has 2 heterocycles. The van der Waals surface area contributed by atoms with Gasteiger partial charge >= 0.3 is 0 Å². The highest BCUT2D eigenvalue weighted by atomic mass is 35.5. The van der Waals surface area contributed by atoms with Gasteiger partial charge in [-0.1, -0.05) is 11.6 Å². The number of rotatable bonds is 6. The van der Waals surface area contributed by atoms with Crippen molar-refractivity contribution in [1.29, 1.82) is 5.26 Å². The standard InChI is InChI=1S/C21H19ClN4O2/c1-28-21-18(22)6-13(9-26-21)8-24-19-15(11-27)10-25-20-16(14-2-3-14)4-12(7-23)5-17(19)20/h4-6,9-10,14,27H,2-3,8,11H2,1H3,(H,24,25). The third-order valence-corrected chi connectivity index (χ3v) is 5.19. The van der Waals surface area contributed by atoms with Gasteiger partial charge in [0.1, 0.15) is 5.02 Å². The van der Waals surface area contributed by atoms with E-state index < -0.39 is 0 Å². The summed E-state index contributed by atoms with van der Waals surface area (Å²) in [6.07, 6.45) is 5.62. The summed E-state index contributed by atoms with van der Waals surface area (Å²) in [5.41, 5.74) is 4.92. The predicted octanol–water partition coefficient (Wildman–Crippen LogP) is 4.15. The molecule has 1 aliphatic carbocycles. The number of nitrogens with zero attached hydrogens (tertiary/aromatic N) is 3. The van der Waals surface area contributed by atoms with Crippen LogP contribution in [0.2, 0.25) is 5.02 Å². The fourth-order valence-corrected chi connectivity index (χ4v) is 3.64. The lowest BCUT2D eigenvalue weighted by atomic mass is 9.99. The fourth-order valence-electron chi connectivity index (χ4n) is 3.37. The van der Waals surface area contributed by atoms with E-state index in [1.54, 1.807) is 18.5 Å². The first kappa shape index (κ1) is 18.5. The lowest BCUT2D eigenvalue weighted by Gasteiger charge is -2.16. The first-order valence-corrected chi connectivity index (χ1v) is 9.41. The zero-order valence-electron chi connectivity index (χ0n) is 15.4. The van der Waals surface area contributed by atoms with Crippen LogP contribution in [-0.2, 0) is 13.2 Å². The average molecular weight is 395 g/mol. The topological polar surface area (TPSA) is 91.1 Å². The molecular formula is C21H19ClN4O2. The summed E-state index contributed by atoms with van der Waals surface area (Å²) in [7, 11) is 1.52. The minimum absolute atomic E-state index is 0.150. The fraction of sp³-hybridized carbons (Fsp3) is 0.286. The van der Waals surface area contributed by atoms with E-state index in [0.29, 0.717) is 34.5 Å². The molecule has 3 aromatic rings. The number of halogens is 1. The molecule has 0 unspecified atom stereocenters. The Morgan fingerprint density at radius 1 is 1.29 bits per heavy atom. The number of nitriles is 1. The zero-order chi connectivity index (χ0) is 19.7. The quantitative estimate of drug-likeness (QED) is 0.652. The number of aromatic nitrogens is 2. The van der Waals surface area contributed by atoms with Crippen LogP contribution in [0.25, 0.3) is 10.9 Å². The van der Waals surface area contributed by atoms with Crippen LogP contribution >= 0.6 is 11.6 Å². The van der Waals surface area contributed by atoms with Crippen molar-refractivity contribution in [2.75, 3.05) is 12.4 Å². The van der Waals surface area contributed by atoms with Crippen LogP contribution in [0.4, 0.5) is 5.69 Å². The molecule has 0 atom stereocenters. The number of aliphatic hydroxyl groups is 1. The van der Waals surface area contributed by atoms with Gasteiger partial charge < -0.3 is 15.2 Å². The molecular weight excluding hydrogens is 376 g/mol. The normalized spacial score (nSPS) is 13.4. The van der Waals surface area contributed by atoms with Crippen LogP contribution in [0.1, 0.15) is 41.0 Å². The van der Waals surface area contributed by atoms with Gasteiger partial charge in [-0.25, -0.2) is 4.98 Å². The Morgan fingerprint density at radius 2 is 2.11 bits per heavy atom. The van der Waals surface area contributed by atoms with Crippen molar-refractivity contribution >= 4 is 28.2 Å². The van der Waals surface area contributed by atoms with Gasteiger partial charge in [0.2, 0.25) is 5.88 Å². The first-order chi connectivity index (χ1) is 13.6. The third kappa shape index (κ3) is 3.47. The number of nitrogens with one attached hydrogen (secondary N) is 1. The minimum atomic E-state index is -0.150. The van der Waals surface area contributed by atoms with Gasteiger partial charge in [-0.05, 0) is 48.1 Å². The highest BCUT2D eigenvalue weighted by molar-refractivity contribution is 6.31. The lowest BCUT2D eigenvalue weighted by Crippen LogP contribution is -2.06. The molecule has 4 rings (SSSR count). The van der Waals surface area contributed by atoms with Crippen molar-refractivity contribution in [3.63, 3.8) is 0 Å². The SMILES string of the molecule is COc1ncc(CNc2c(CO)cnc3c(C4CC4)cc(C#N)cc23)cc1Cl. The molecule has 2 N–H and O–H groups in total. The van der Waals surface area contributed by atoms with Crippen molar-refractivity contribution in [3.05, 3.63) is 57.9 Å². The van der Waals surface area contributed by atoms with Crippen LogP contribution in [0.15, 0.2) is 30.6 Å². The summed E-state index contributed by atoms with van der Waals surface area (Å²) >= 11 is 6.17. The Kier molecular flexibility index (Phi) is 5.03. The summed E-state index contributed by atoms with van der Waals surface area (Å²) in [5.74, 6) is 0.837. The molecule has 0 aliphatic heterocycles. The zero-order valence-corrected chi connectivity index (χ0v) is 16.1. The molecule has 1 saturated carbocycles. The Balaban J connectivity index is 1.75. The lowest BCUT2D eigenvalue weighted by molar-refractivity contribution is 0.282. The number of benzene rings is 1. The maximum atomic E-state index is 9.81. The minimum Gasteiger partial charge on any atom is -0.480 e. The van der Waals surface area contributed by atoms with Gasteiger partial charge in [0.25, 0.3) is 0 Å². The van der Waals surface area contributed by atoms with Crippen LogP contribution in [0.5, 0.6) is 5.88 Å². The molecule has 0 amide bonds. The van der Waals surface area contributed by atoms with Gasteiger partial charge in [0, 0.05) is 29.9 Å². The van der Waals surface area contributed by atoms with Gasteiger partial charge in [0.15, 0.2) is 0 Å². The van der Waals surface area contributed by atoms with Crippen LogP contribution in [0.3, 0.4) is 0 Å². The Morgan fingerprint density at radius 3 is 2.75 bits per heavy atom. The summed E-state index contributed by atoms with van der Waals surface area (Å²) in [4.78, 5) is 8.77. The first-order valence-electron chi connectivity index (χ1n) is 9.03. The Bertz CT molecular complexity index is 1090. The van der Waals surface area contributed by atoms with Gasteiger partial charge in [-0.15, -0.1) is 0 Å². The molecule has 1 aromatic carbocycles. The molecule has 2 aromatic heterocycles. The Labute approximate surface area is 167 Å². The number of hydrogen-bond acceptors (Lipinski definition) is 6. The summed E-state index contributed by atoms with van der Waals surface area (Å²) in [6, 6.07) is 7.79. The van der Waals surface area contributed by atoms with E-state index in [9.17, 15) is 10.4 Å². The van der Waals surface area contributed by atoms with Gasteiger partial charge in [-0.2, -0.15) is 5.26 Å². The van der Waals surface area contributed by atoms with E-state index in [1.165, 1.54) is 7.11 Å². The number of ether oxygens (including phenoxy) is 1. The average Bonchev–Trinajstić information content (AvgIpc) is 3.56. The highest BCUT2D eigenvalue weighted by Gasteiger charge is 2.27. The highest BCUT2D eigenvalue weighted by Crippen LogP contribution is 2.44. The van der Waals surface area contributed by atoms with Crippen LogP contribution in [0, 0.1) is 11.3 Å². The second-order valence-electron chi connectivity index (χ2n) is 6.85. The van der Waals surface area contributed by atoms with Crippen LogP contribution < -0.4 is 10.1 Å². The summed E-state index contributed by atoms with van der Waals surface area (Å²) in [5, 5.41) is 23.9. The smallest absolute Gasteiger partial charge is 0.232 e. The van der Waals surface area contributed by atoms with E-state index >= 15 is 0 Å². The van der Waals surface area contributed by atoms with E-state index in [-0.39, 0.29) is 6.61 Å². The van der Waals surface area contributed by atoms with Gasteiger partial charge in [0.05, 0.1) is 36.6 Å². The molecule has 7 heteroatoms. The van der Waals surface area contributed by atoms with E-state index in [0.717, 1.165) is 40.6 Å². The van der Waals surface area contributed by atoms with Crippen LogP contribution in [-0.4, -0.2) is 22.2 Å². The summed E-state index contributed by atoms with van der Waals surface area (Å²) in [6.45, 7) is 0.306. The Hall–Kier alpha value is -2.88. The second kappa shape index (κ2) is 7.63. The number of aliphatic hydroxyl groups excluding tert-OH is 1. The molecule has 0 bridgehead atoms. The molecule has 0 spiro atoms. The largest absolute Gasteiger partial charge is 0.480 e. The van der Waals surface area contributed by atoms with E-state index in [1.807, 2.05) is 12.1 Å². The van der Waals surface area contributed by atoms with Crippen molar-refractivity contribution in [2.45, 2.75) is 31.9 Å². The van der Waals surface area contributed by atoms with Crippen molar-refractivity contribution in [1.82, 2.24) is 9.97 Å². The molecule has 6 nitrogen and oxygen atoms in total. The third-order valence-electron chi connectivity index (χ3n) is 4.92. The second-order valence-corrected chi connectivity index (χ2v) is 7.26. The van der Waals surface area contributed by atoms with Crippen molar-refractivity contribution in [3.8, 4) is 11.9 Å².